The minimum Gasteiger partial charge on any atom is -0.381 e. The van der Waals surface area contributed by atoms with Crippen LogP contribution >= 0.6 is 0 Å². The van der Waals surface area contributed by atoms with E-state index in [0.29, 0.717) is 31.8 Å². The van der Waals surface area contributed by atoms with Crippen LogP contribution in [0.2, 0.25) is 0 Å². The topological polar surface area (TPSA) is 66.0 Å². The number of alkyl halides is 1. The van der Waals surface area contributed by atoms with E-state index in [1.54, 1.807) is 4.68 Å². The molecular weight excluding hydrogens is 223 g/mol. The van der Waals surface area contributed by atoms with Crippen LogP contribution in [-0.4, -0.2) is 40.7 Å². The predicted molar refractivity (Wildman–Crippen MR) is 63.4 cm³/mol. The standard InChI is InChI=1S/C11H21FN4O/c1-3-16-10(14-9-15-16)7-11(12,8-17-2)5-4-6-13/h9H,3-8,13H2,1-2H3. The number of aromatic nitrogens is 3. The first-order valence-corrected chi connectivity index (χ1v) is 5.90. The van der Waals surface area contributed by atoms with Crippen LogP contribution < -0.4 is 5.73 Å². The number of nitrogens with zero attached hydrogens (tertiary/aromatic N) is 3. The summed E-state index contributed by atoms with van der Waals surface area (Å²) in [5.74, 6) is 0.657. The maximum Gasteiger partial charge on any atom is 0.141 e. The van der Waals surface area contributed by atoms with E-state index in [1.165, 1.54) is 13.4 Å². The molecule has 0 fully saturated rings. The Morgan fingerprint density at radius 2 is 2.35 bits per heavy atom. The summed E-state index contributed by atoms with van der Waals surface area (Å²) in [6.07, 6.45) is 2.69. The number of nitrogens with two attached hydrogens (primary N) is 1. The van der Waals surface area contributed by atoms with E-state index in [-0.39, 0.29) is 13.0 Å². The molecule has 1 atom stereocenters. The van der Waals surface area contributed by atoms with E-state index in [9.17, 15) is 4.39 Å². The molecule has 0 aliphatic heterocycles. The van der Waals surface area contributed by atoms with Crippen LogP contribution in [0.15, 0.2) is 6.33 Å². The van der Waals surface area contributed by atoms with E-state index >= 15 is 0 Å². The van der Waals surface area contributed by atoms with Gasteiger partial charge in [0.15, 0.2) is 0 Å². The van der Waals surface area contributed by atoms with Crippen LogP contribution in [0.1, 0.15) is 25.6 Å². The third-order valence-corrected chi connectivity index (χ3v) is 2.70. The first-order valence-electron chi connectivity index (χ1n) is 5.90. The number of hydrogen-bond acceptors (Lipinski definition) is 4. The lowest BCUT2D eigenvalue weighted by Gasteiger charge is -2.24. The Hall–Kier alpha value is -1.01. The number of ether oxygens (including phenoxy) is 1. The average molecular weight is 244 g/mol. The normalized spacial score (nSPS) is 14.8. The molecule has 5 nitrogen and oxygen atoms in total. The molecule has 0 aliphatic carbocycles. The van der Waals surface area contributed by atoms with E-state index in [1.807, 2.05) is 6.92 Å². The average Bonchev–Trinajstić information content (AvgIpc) is 2.74. The van der Waals surface area contributed by atoms with Gasteiger partial charge < -0.3 is 10.5 Å². The summed E-state index contributed by atoms with van der Waals surface area (Å²) in [6.45, 7) is 3.18. The van der Waals surface area contributed by atoms with Crippen LogP contribution in [0, 0.1) is 0 Å². The highest BCUT2D eigenvalue weighted by molar-refractivity contribution is 4.95. The van der Waals surface area contributed by atoms with E-state index < -0.39 is 5.67 Å². The monoisotopic (exact) mass is 244 g/mol. The Labute approximate surface area is 101 Å². The molecule has 17 heavy (non-hydrogen) atoms. The molecule has 1 rings (SSSR count). The minimum atomic E-state index is -1.41. The Balaban J connectivity index is 2.71. The van der Waals surface area contributed by atoms with E-state index in [2.05, 4.69) is 10.1 Å². The molecule has 2 N–H and O–H groups in total. The van der Waals surface area contributed by atoms with Crippen molar-refractivity contribution in [3.8, 4) is 0 Å². The molecule has 6 heteroatoms. The molecule has 1 aromatic rings. The second-order valence-electron chi connectivity index (χ2n) is 4.14. The molecular formula is C11H21FN4O. The molecule has 0 amide bonds. The Morgan fingerprint density at radius 3 is 2.94 bits per heavy atom. The fraction of sp³-hybridized carbons (Fsp3) is 0.818. The third kappa shape index (κ3) is 4.05. The van der Waals surface area contributed by atoms with Gasteiger partial charge in [-0.05, 0) is 26.3 Å². The van der Waals surface area contributed by atoms with Gasteiger partial charge in [0.2, 0.25) is 0 Å². The third-order valence-electron chi connectivity index (χ3n) is 2.70. The zero-order chi connectivity index (χ0) is 12.7. The van der Waals surface area contributed by atoms with E-state index in [0.717, 1.165) is 0 Å². The minimum absolute atomic E-state index is 0.0591. The van der Waals surface area contributed by atoms with Gasteiger partial charge in [-0.15, -0.1) is 0 Å². The zero-order valence-corrected chi connectivity index (χ0v) is 10.5. The molecule has 0 aromatic carbocycles. The van der Waals surface area contributed by atoms with Crippen LogP contribution in [0.3, 0.4) is 0 Å². The van der Waals surface area contributed by atoms with Gasteiger partial charge in [-0.25, -0.2) is 9.37 Å². The molecule has 1 unspecified atom stereocenters. The number of rotatable bonds is 8. The Bertz CT molecular complexity index is 331. The molecule has 0 bridgehead atoms. The largest absolute Gasteiger partial charge is 0.381 e. The second kappa shape index (κ2) is 6.66. The van der Waals surface area contributed by atoms with Crippen molar-refractivity contribution in [1.29, 1.82) is 0 Å². The molecule has 98 valence electrons. The second-order valence-corrected chi connectivity index (χ2v) is 4.14. The van der Waals surface area contributed by atoms with Gasteiger partial charge in [0, 0.05) is 20.1 Å². The first-order chi connectivity index (χ1) is 8.15. The number of hydrogen-bond donors (Lipinski definition) is 1. The quantitative estimate of drug-likeness (QED) is 0.739. The fourth-order valence-corrected chi connectivity index (χ4v) is 1.86. The van der Waals surface area contributed by atoms with Crippen LogP contribution in [-0.2, 0) is 17.7 Å². The smallest absolute Gasteiger partial charge is 0.141 e. The summed E-state index contributed by atoms with van der Waals surface area (Å²) < 4.78 is 21.3. The van der Waals surface area contributed by atoms with Crippen LogP contribution in [0.25, 0.3) is 0 Å². The van der Waals surface area contributed by atoms with Gasteiger partial charge in [-0.3, -0.25) is 4.68 Å². The van der Waals surface area contributed by atoms with Gasteiger partial charge in [0.25, 0.3) is 0 Å². The van der Waals surface area contributed by atoms with Crippen molar-refractivity contribution in [1.82, 2.24) is 14.8 Å². The molecule has 1 heterocycles. The number of halogens is 1. The molecule has 0 saturated carbocycles. The number of aryl methyl sites for hydroxylation is 1. The summed E-state index contributed by atoms with van der Waals surface area (Å²) in [7, 11) is 1.50. The molecule has 0 saturated heterocycles. The molecule has 0 aliphatic rings. The summed E-state index contributed by atoms with van der Waals surface area (Å²) in [4.78, 5) is 4.09. The van der Waals surface area contributed by atoms with Gasteiger partial charge in [0.05, 0.1) is 6.61 Å². The summed E-state index contributed by atoms with van der Waals surface area (Å²) >= 11 is 0. The first kappa shape index (κ1) is 14.1. The summed E-state index contributed by atoms with van der Waals surface area (Å²) in [5, 5.41) is 4.03. The van der Waals surface area contributed by atoms with Gasteiger partial charge in [0.1, 0.15) is 17.8 Å². The maximum absolute atomic E-state index is 14.6. The lowest BCUT2D eigenvalue weighted by molar-refractivity contribution is 0.0312. The highest BCUT2D eigenvalue weighted by Crippen LogP contribution is 2.23. The van der Waals surface area contributed by atoms with Crippen molar-refractivity contribution in [3.63, 3.8) is 0 Å². The van der Waals surface area contributed by atoms with Crippen molar-refractivity contribution in [3.05, 3.63) is 12.2 Å². The van der Waals surface area contributed by atoms with Crippen molar-refractivity contribution in [2.75, 3.05) is 20.3 Å². The zero-order valence-electron chi connectivity index (χ0n) is 10.5. The Morgan fingerprint density at radius 1 is 1.59 bits per heavy atom. The molecule has 0 spiro atoms. The SMILES string of the molecule is CCn1ncnc1CC(F)(CCCN)COC. The molecule has 0 radical (unpaired) electrons. The maximum atomic E-state index is 14.6. The van der Waals surface area contributed by atoms with Crippen molar-refractivity contribution >= 4 is 0 Å². The fourth-order valence-electron chi connectivity index (χ4n) is 1.86. The Kier molecular flexibility index (Phi) is 5.50. The lowest BCUT2D eigenvalue weighted by Crippen LogP contribution is -2.33. The van der Waals surface area contributed by atoms with Crippen molar-refractivity contribution in [2.24, 2.45) is 5.73 Å². The summed E-state index contributed by atoms with van der Waals surface area (Å²) in [5.41, 5.74) is 4.01. The van der Waals surface area contributed by atoms with Crippen molar-refractivity contribution < 1.29 is 9.13 Å². The lowest BCUT2D eigenvalue weighted by atomic mass is 9.96. The van der Waals surface area contributed by atoms with Crippen molar-refractivity contribution in [2.45, 2.75) is 38.4 Å². The summed E-state index contributed by atoms with van der Waals surface area (Å²) in [6, 6.07) is 0. The highest BCUT2D eigenvalue weighted by Gasteiger charge is 2.31. The van der Waals surface area contributed by atoms with E-state index in [4.69, 9.17) is 10.5 Å². The number of methoxy groups -OCH3 is 1. The van der Waals surface area contributed by atoms with Gasteiger partial charge in [-0.1, -0.05) is 0 Å². The predicted octanol–water partition coefficient (Wildman–Crippen LogP) is 0.934. The van der Waals surface area contributed by atoms with Gasteiger partial charge >= 0.3 is 0 Å². The highest BCUT2D eigenvalue weighted by atomic mass is 19.1. The van der Waals surface area contributed by atoms with Gasteiger partial charge in [-0.2, -0.15) is 5.10 Å². The molecule has 1 aromatic heterocycles. The van der Waals surface area contributed by atoms with Crippen LogP contribution in [0.4, 0.5) is 4.39 Å². The van der Waals surface area contributed by atoms with Crippen LogP contribution in [0.5, 0.6) is 0 Å².